The molecule has 0 spiro atoms. The van der Waals surface area contributed by atoms with Crippen LogP contribution in [0.2, 0.25) is 0 Å². The molecule has 2 N–H and O–H groups in total. The van der Waals surface area contributed by atoms with Gasteiger partial charge in [-0.3, -0.25) is 9.78 Å². The number of piperidine rings is 1. The number of pyridine rings is 1. The lowest BCUT2D eigenvalue weighted by molar-refractivity contribution is -0.136. The zero-order valence-electron chi connectivity index (χ0n) is 27.4. The molecule has 44 heavy (non-hydrogen) atoms. The van der Waals surface area contributed by atoms with Gasteiger partial charge in [-0.05, 0) is 86.9 Å². The molecule has 1 aromatic heterocycles. The number of nitrogens with zero attached hydrogens (tertiary/aromatic N) is 2. The third-order valence-corrected chi connectivity index (χ3v) is 8.08. The highest BCUT2D eigenvalue weighted by Crippen LogP contribution is 2.41. The van der Waals surface area contributed by atoms with E-state index in [4.69, 9.17) is 14.8 Å². The number of ether oxygens (including phenoxy) is 1. The van der Waals surface area contributed by atoms with Gasteiger partial charge < -0.3 is 19.8 Å². The molecule has 0 unspecified atom stereocenters. The van der Waals surface area contributed by atoms with Crippen LogP contribution in [0.15, 0.2) is 66.7 Å². The van der Waals surface area contributed by atoms with Crippen molar-refractivity contribution < 1.29 is 19.7 Å². The molecule has 0 radical (unpaired) electrons. The second-order valence-corrected chi connectivity index (χ2v) is 13.6. The van der Waals surface area contributed by atoms with Gasteiger partial charge in [0.15, 0.2) is 0 Å². The number of fused-ring (bicyclic) bond motifs is 1. The molecule has 234 valence electrons. The monoisotopic (exact) mass is 596 g/mol. The summed E-state index contributed by atoms with van der Waals surface area (Å²) in [5.74, 6) is -0.00743. The van der Waals surface area contributed by atoms with Gasteiger partial charge in [-0.25, -0.2) is 0 Å². The van der Waals surface area contributed by atoms with E-state index in [1.165, 1.54) is 16.3 Å². The van der Waals surface area contributed by atoms with E-state index in [2.05, 4.69) is 73.3 Å². The van der Waals surface area contributed by atoms with E-state index >= 15 is 0 Å². The Balaban J connectivity index is 0.000000818. The van der Waals surface area contributed by atoms with Crippen LogP contribution < -0.4 is 9.64 Å². The van der Waals surface area contributed by atoms with Crippen LogP contribution in [-0.4, -0.2) is 46.5 Å². The highest BCUT2D eigenvalue weighted by Gasteiger charge is 2.30. The fourth-order valence-electron chi connectivity index (χ4n) is 5.77. The lowest BCUT2D eigenvalue weighted by Gasteiger charge is -2.40. The average molecular weight is 597 g/mol. The number of aryl methyl sites for hydroxylation is 2. The van der Waals surface area contributed by atoms with Gasteiger partial charge in [0.05, 0.1) is 24.3 Å². The number of carbonyl (C=O) groups is 1. The number of carboxylic acid groups (broad SMARTS) is 1. The number of carboxylic acids is 1. The Kier molecular flexibility index (Phi) is 10.4. The molecule has 3 aromatic carbocycles. The third-order valence-electron chi connectivity index (χ3n) is 8.08. The van der Waals surface area contributed by atoms with Crippen molar-refractivity contribution >= 4 is 22.4 Å². The van der Waals surface area contributed by atoms with Crippen molar-refractivity contribution in [1.29, 1.82) is 0 Å². The number of anilines is 1. The third kappa shape index (κ3) is 8.82. The van der Waals surface area contributed by atoms with Crippen LogP contribution in [-0.2, 0) is 17.6 Å². The molecule has 1 saturated heterocycles. The Labute approximate surface area is 262 Å². The van der Waals surface area contributed by atoms with Crippen molar-refractivity contribution in [2.24, 2.45) is 5.41 Å². The molecule has 1 aliphatic heterocycles. The van der Waals surface area contributed by atoms with Gasteiger partial charge in [-0.1, -0.05) is 68.4 Å². The first kappa shape index (κ1) is 33.0. The van der Waals surface area contributed by atoms with Crippen LogP contribution in [0.25, 0.3) is 21.9 Å². The van der Waals surface area contributed by atoms with E-state index in [0.717, 1.165) is 71.9 Å². The number of aliphatic carboxylic acids is 1. The summed E-state index contributed by atoms with van der Waals surface area (Å²) in [6, 6.07) is 23.0. The molecule has 0 aliphatic carbocycles. The highest BCUT2D eigenvalue weighted by atomic mass is 16.5. The van der Waals surface area contributed by atoms with E-state index in [1.54, 1.807) is 20.8 Å². The SMILES string of the molecule is CC(C)(C)O.Cc1nc(C)c(-c2ccc(OCCc3cccc4ccccc34)cc2)c(N2CCC(C)(C)CC2)c1CC(=O)O. The van der Waals surface area contributed by atoms with Crippen LogP contribution in [0.1, 0.15) is 70.0 Å². The van der Waals surface area contributed by atoms with Crippen LogP contribution in [0, 0.1) is 19.3 Å². The first-order valence-electron chi connectivity index (χ1n) is 15.6. The van der Waals surface area contributed by atoms with E-state index in [-0.39, 0.29) is 6.42 Å². The van der Waals surface area contributed by atoms with Crippen LogP contribution in [0.5, 0.6) is 5.75 Å². The summed E-state index contributed by atoms with van der Waals surface area (Å²) in [6.07, 6.45) is 2.94. The lowest BCUT2D eigenvalue weighted by atomic mass is 9.82. The topological polar surface area (TPSA) is 82.9 Å². The minimum Gasteiger partial charge on any atom is -0.493 e. The Hall–Kier alpha value is -3.90. The number of hydrogen-bond donors (Lipinski definition) is 2. The first-order valence-corrected chi connectivity index (χ1v) is 15.6. The zero-order valence-corrected chi connectivity index (χ0v) is 27.4. The molecule has 0 amide bonds. The van der Waals surface area contributed by atoms with Crippen LogP contribution in [0.3, 0.4) is 0 Å². The zero-order chi connectivity index (χ0) is 32.1. The molecule has 1 fully saturated rings. The number of rotatable bonds is 8. The predicted octanol–water partition coefficient (Wildman–Crippen LogP) is 8.17. The minimum absolute atomic E-state index is 0.0310. The average Bonchev–Trinajstić information content (AvgIpc) is 2.94. The summed E-state index contributed by atoms with van der Waals surface area (Å²) in [7, 11) is 0. The molecule has 2 heterocycles. The fraction of sp³-hybridized carbons (Fsp3) is 0.421. The standard InChI is InChI=1S/C34H38N2O3.C4H10O/c1-23-30(22-31(37)38)33(36-19-17-34(3,4)18-20-36)32(24(2)35-23)27-12-14-28(15-13-27)39-21-16-26-10-7-9-25-8-5-6-11-29(25)26;1-4(2,3)5/h5-15H,16-22H2,1-4H3,(H,37,38);5H,1-3H3. The van der Waals surface area contributed by atoms with Gasteiger partial charge in [0.2, 0.25) is 0 Å². The molecular weight excluding hydrogens is 548 g/mol. The van der Waals surface area contributed by atoms with Gasteiger partial charge in [-0.15, -0.1) is 0 Å². The molecular formula is C38H48N2O4. The fourth-order valence-corrected chi connectivity index (χ4v) is 5.77. The quantitative estimate of drug-likeness (QED) is 0.214. The van der Waals surface area contributed by atoms with Crippen molar-refractivity contribution in [2.75, 3.05) is 24.6 Å². The minimum atomic E-state index is -0.830. The molecule has 1 aliphatic rings. The summed E-state index contributed by atoms with van der Waals surface area (Å²) < 4.78 is 6.14. The number of hydrogen-bond acceptors (Lipinski definition) is 5. The summed E-state index contributed by atoms with van der Waals surface area (Å²) in [5, 5.41) is 20.8. The number of aliphatic hydroxyl groups is 1. The van der Waals surface area contributed by atoms with Crippen molar-refractivity contribution in [3.63, 3.8) is 0 Å². The Morgan fingerprint density at radius 1 is 0.932 bits per heavy atom. The molecule has 0 bridgehead atoms. The normalized spacial score (nSPS) is 14.6. The largest absolute Gasteiger partial charge is 0.493 e. The van der Waals surface area contributed by atoms with Crippen molar-refractivity contribution in [1.82, 2.24) is 4.98 Å². The van der Waals surface area contributed by atoms with Gasteiger partial charge in [0.1, 0.15) is 5.75 Å². The number of aromatic nitrogens is 1. The van der Waals surface area contributed by atoms with E-state index in [9.17, 15) is 9.90 Å². The van der Waals surface area contributed by atoms with Gasteiger partial charge in [0, 0.05) is 42.0 Å². The molecule has 6 heteroatoms. The van der Waals surface area contributed by atoms with Crippen molar-refractivity contribution in [3.8, 4) is 16.9 Å². The summed E-state index contributed by atoms with van der Waals surface area (Å²) in [6.45, 7) is 16.2. The summed E-state index contributed by atoms with van der Waals surface area (Å²) >= 11 is 0. The maximum atomic E-state index is 11.8. The van der Waals surface area contributed by atoms with Gasteiger partial charge >= 0.3 is 5.97 Å². The smallest absolute Gasteiger partial charge is 0.307 e. The molecule has 5 rings (SSSR count). The van der Waals surface area contributed by atoms with Crippen LogP contribution >= 0.6 is 0 Å². The molecule has 6 nitrogen and oxygen atoms in total. The van der Waals surface area contributed by atoms with Gasteiger partial charge in [-0.2, -0.15) is 0 Å². The molecule has 0 atom stereocenters. The second kappa shape index (κ2) is 13.8. The van der Waals surface area contributed by atoms with Crippen molar-refractivity contribution in [2.45, 2.75) is 79.8 Å². The second-order valence-electron chi connectivity index (χ2n) is 13.6. The first-order chi connectivity index (χ1) is 20.7. The van der Waals surface area contributed by atoms with Crippen molar-refractivity contribution in [3.05, 3.63) is 89.2 Å². The van der Waals surface area contributed by atoms with E-state index in [0.29, 0.717) is 12.0 Å². The maximum absolute atomic E-state index is 11.8. The Morgan fingerprint density at radius 3 is 2.18 bits per heavy atom. The summed E-state index contributed by atoms with van der Waals surface area (Å²) in [4.78, 5) is 19.0. The number of benzene rings is 3. The lowest BCUT2D eigenvalue weighted by Crippen LogP contribution is -2.38. The Bertz CT molecular complexity index is 1560. The summed E-state index contributed by atoms with van der Waals surface area (Å²) in [5.41, 5.74) is 6.71. The Morgan fingerprint density at radius 2 is 1.55 bits per heavy atom. The molecule has 4 aromatic rings. The highest BCUT2D eigenvalue weighted by molar-refractivity contribution is 5.87. The van der Waals surface area contributed by atoms with Gasteiger partial charge in [0.25, 0.3) is 0 Å². The molecule has 0 saturated carbocycles. The maximum Gasteiger partial charge on any atom is 0.307 e. The van der Waals surface area contributed by atoms with E-state index < -0.39 is 11.6 Å². The van der Waals surface area contributed by atoms with E-state index in [1.807, 2.05) is 26.0 Å². The predicted molar refractivity (Wildman–Crippen MR) is 181 cm³/mol. The van der Waals surface area contributed by atoms with Crippen LogP contribution in [0.4, 0.5) is 5.69 Å².